The lowest BCUT2D eigenvalue weighted by molar-refractivity contribution is 0.103. The van der Waals surface area contributed by atoms with Crippen LogP contribution >= 0.6 is 0 Å². The Kier molecular flexibility index (Phi) is 4.67. The fourth-order valence-corrected chi connectivity index (χ4v) is 3.80. The molecule has 152 valence electrons. The van der Waals surface area contributed by atoms with Gasteiger partial charge in [-0.3, -0.25) is 9.20 Å². The Morgan fingerprint density at radius 3 is 2.35 bits per heavy atom. The maximum atomic E-state index is 12.9. The van der Waals surface area contributed by atoms with E-state index in [1.54, 1.807) is 0 Å². The van der Waals surface area contributed by atoms with Crippen LogP contribution in [0.1, 0.15) is 40.3 Å². The van der Waals surface area contributed by atoms with Crippen molar-refractivity contribution in [1.82, 2.24) is 19.6 Å². The van der Waals surface area contributed by atoms with Crippen molar-refractivity contribution < 1.29 is 4.79 Å². The van der Waals surface area contributed by atoms with Crippen LogP contribution in [-0.2, 0) is 0 Å². The Bertz CT molecular complexity index is 1390. The van der Waals surface area contributed by atoms with E-state index in [1.165, 1.54) is 0 Å². The highest BCUT2D eigenvalue weighted by atomic mass is 16.1. The molecular weight excluding hydrogens is 386 g/mol. The first-order valence-electron chi connectivity index (χ1n) is 10.2. The van der Waals surface area contributed by atoms with Crippen LogP contribution in [0.3, 0.4) is 0 Å². The first-order valence-corrected chi connectivity index (χ1v) is 10.2. The number of carbonyl (C=O) groups is 1. The highest BCUT2D eigenvalue weighted by Gasteiger charge is 2.17. The predicted octanol–water partition coefficient (Wildman–Crippen LogP) is 4.99. The molecule has 0 spiro atoms. The summed E-state index contributed by atoms with van der Waals surface area (Å²) in [5, 5.41) is 12.1. The standard InChI is InChI=1S/C25H21N5O/c1-16(18-9-5-3-6-10-18)26-24-25-29-28-17(2)30(25)22-15-20(13-14-21(22)27-24)23(31)19-11-7-4-8-12-19/h3-16H,1-2H3,(H,26,27)/t16-/m0/s1. The topological polar surface area (TPSA) is 72.2 Å². The van der Waals surface area contributed by atoms with Crippen LogP contribution in [0.25, 0.3) is 16.7 Å². The number of hydrogen-bond acceptors (Lipinski definition) is 5. The van der Waals surface area contributed by atoms with Gasteiger partial charge in [-0.2, -0.15) is 0 Å². The number of aromatic nitrogens is 4. The first kappa shape index (κ1) is 18.9. The highest BCUT2D eigenvalue weighted by molar-refractivity contribution is 6.10. The van der Waals surface area contributed by atoms with Crippen molar-refractivity contribution in [2.75, 3.05) is 5.32 Å². The number of aryl methyl sites for hydroxylation is 1. The van der Waals surface area contributed by atoms with E-state index in [1.807, 2.05) is 78.1 Å². The van der Waals surface area contributed by atoms with Crippen LogP contribution in [0.5, 0.6) is 0 Å². The molecule has 6 nitrogen and oxygen atoms in total. The van der Waals surface area contributed by atoms with Crippen molar-refractivity contribution in [3.8, 4) is 0 Å². The minimum Gasteiger partial charge on any atom is -0.360 e. The van der Waals surface area contributed by atoms with Crippen molar-refractivity contribution >= 4 is 28.3 Å². The molecule has 0 unspecified atom stereocenters. The molecule has 1 N–H and O–H groups in total. The van der Waals surface area contributed by atoms with Gasteiger partial charge in [-0.15, -0.1) is 10.2 Å². The number of nitrogens with one attached hydrogen (secondary N) is 1. The lowest BCUT2D eigenvalue weighted by atomic mass is 10.0. The summed E-state index contributed by atoms with van der Waals surface area (Å²) in [6.07, 6.45) is 0. The molecule has 0 radical (unpaired) electrons. The van der Waals surface area contributed by atoms with Gasteiger partial charge >= 0.3 is 0 Å². The number of rotatable bonds is 5. The highest BCUT2D eigenvalue weighted by Crippen LogP contribution is 2.26. The summed E-state index contributed by atoms with van der Waals surface area (Å²) in [4.78, 5) is 17.8. The van der Waals surface area contributed by atoms with Crippen LogP contribution in [0.4, 0.5) is 5.82 Å². The van der Waals surface area contributed by atoms with Crippen molar-refractivity contribution in [3.05, 3.63) is 101 Å². The van der Waals surface area contributed by atoms with Gasteiger partial charge < -0.3 is 5.32 Å². The fourth-order valence-electron chi connectivity index (χ4n) is 3.80. The molecule has 0 fully saturated rings. The van der Waals surface area contributed by atoms with Crippen LogP contribution < -0.4 is 5.32 Å². The van der Waals surface area contributed by atoms with Crippen LogP contribution in [0.15, 0.2) is 78.9 Å². The Hall–Kier alpha value is -4.06. The third-order valence-electron chi connectivity index (χ3n) is 5.44. The largest absolute Gasteiger partial charge is 0.360 e. The minimum absolute atomic E-state index is 0.0266. The third kappa shape index (κ3) is 3.42. The molecule has 0 aliphatic heterocycles. The van der Waals surface area contributed by atoms with Gasteiger partial charge in [0.1, 0.15) is 5.82 Å². The number of nitrogens with zero attached hydrogens (tertiary/aromatic N) is 4. The van der Waals surface area contributed by atoms with Crippen LogP contribution in [0.2, 0.25) is 0 Å². The van der Waals surface area contributed by atoms with E-state index in [-0.39, 0.29) is 11.8 Å². The normalized spacial score (nSPS) is 12.2. The molecule has 0 aliphatic rings. The van der Waals surface area contributed by atoms with Gasteiger partial charge in [0.15, 0.2) is 11.6 Å². The van der Waals surface area contributed by atoms with E-state index in [2.05, 4.69) is 34.6 Å². The number of benzene rings is 3. The summed E-state index contributed by atoms with van der Waals surface area (Å²) in [5.41, 5.74) is 4.62. The van der Waals surface area contributed by atoms with Crippen molar-refractivity contribution in [2.24, 2.45) is 0 Å². The zero-order valence-corrected chi connectivity index (χ0v) is 17.3. The molecule has 5 aromatic rings. The summed E-state index contributed by atoms with van der Waals surface area (Å²) < 4.78 is 1.95. The third-order valence-corrected chi connectivity index (χ3v) is 5.44. The monoisotopic (exact) mass is 407 g/mol. The second-order valence-corrected chi connectivity index (χ2v) is 7.54. The molecular formula is C25H21N5O. The molecule has 1 atom stereocenters. The van der Waals surface area contributed by atoms with Crippen LogP contribution in [0, 0.1) is 6.92 Å². The summed E-state index contributed by atoms with van der Waals surface area (Å²) in [6.45, 7) is 3.98. The van der Waals surface area contributed by atoms with E-state index >= 15 is 0 Å². The van der Waals surface area contributed by atoms with Crippen molar-refractivity contribution in [3.63, 3.8) is 0 Å². The van der Waals surface area contributed by atoms with E-state index in [0.717, 1.165) is 22.4 Å². The van der Waals surface area contributed by atoms with Gasteiger partial charge in [-0.1, -0.05) is 60.7 Å². The van der Waals surface area contributed by atoms with Gasteiger partial charge in [0, 0.05) is 11.1 Å². The van der Waals surface area contributed by atoms with Crippen molar-refractivity contribution in [2.45, 2.75) is 19.9 Å². The zero-order valence-electron chi connectivity index (χ0n) is 17.3. The van der Waals surface area contributed by atoms with E-state index < -0.39 is 0 Å². The Labute approximate surface area is 179 Å². The summed E-state index contributed by atoms with van der Waals surface area (Å²) >= 11 is 0. The van der Waals surface area contributed by atoms with E-state index in [4.69, 9.17) is 4.98 Å². The molecule has 2 aromatic heterocycles. The lowest BCUT2D eigenvalue weighted by Gasteiger charge is -2.16. The van der Waals surface area contributed by atoms with Crippen molar-refractivity contribution in [1.29, 1.82) is 0 Å². The zero-order chi connectivity index (χ0) is 21.4. The molecule has 0 bridgehead atoms. The fraction of sp³-hybridized carbons (Fsp3) is 0.120. The average Bonchev–Trinajstić information content (AvgIpc) is 3.22. The molecule has 6 heteroatoms. The summed E-state index contributed by atoms with van der Waals surface area (Å²) in [5.74, 6) is 1.37. The van der Waals surface area contributed by atoms with Gasteiger partial charge in [-0.25, -0.2) is 4.98 Å². The number of anilines is 1. The predicted molar refractivity (Wildman–Crippen MR) is 121 cm³/mol. The molecule has 0 saturated heterocycles. The van der Waals surface area contributed by atoms with Gasteiger partial charge in [0.2, 0.25) is 5.65 Å². The molecule has 0 amide bonds. The summed E-state index contributed by atoms with van der Waals surface area (Å²) in [6, 6.07) is 25.1. The smallest absolute Gasteiger partial charge is 0.204 e. The number of fused-ring (bicyclic) bond motifs is 3. The Balaban J connectivity index is 1.61. The van der Waals surface area contributed by atoms with E-state index in [0.29, 0.717) is 22.6 Å². The Morgan fingerprint density at radius 1 is 0.903 bits per heavy atom. The molecule has 0 aliphatic carbocycles. The SMILES string of the molecule is Cc1nnc2c(N[C@@H](C)c3ccccc3)nc3ccc(C(=O)c4ccccc4)cc3n12. The molecule has 0 saturated carbocycles. The maximum Gasteiger partial charge on any atom is 0.204 e. The second kappa shape index (κ2) is 7.65. The molecule has 5 rings (SSSR count). The number of hydrogen-bond donors (Lipinski definition) is 1. The Morgan fingerprint density at radius 2 is 1.61 bits per heavy atom. The van der Waals surface area contributed by atoms with Gasteiger partial charge in [0.25, 0.3) is 0 Å². The average molecular weight is 407 g/mol. The first-order chi connectivity index (χ1) is 15.1. The summed E-state index contributed by atoms with van der Waals surface area (Å²) in [7, 11) is 0. The molecule has 31 heavy (non-hydrogen) atoms. The van der Waals surface area contributed by atoms with Gasteiger partial charge in [0.05, 0.1) is 17.1 Å². The number of ketones is 1. The number of carbonyl (C=O) groups excluding carboxylic acids is 1. The second-order valence-electron chi connectivity index (χ2n) is 7.54. The van der Waals surface area contributed by atoms with E-state index in [9.17, 15) is 4.79 Å². The molecule has 3 aromatic carbocycles. The van der Waals surface area contributed by atoms with Crippen LogP contribution in [-0.4, -0.2) is 25.4 Å². The molecule has 2 heterocycles. The quantitative estimate of drug-likeness (QED) is 0.416. The lowest BCUT2D eigenvalue weighted by Crippen LogP contribution is -2.10. The minimum atomic E-state index is -0.0266. The van der Waals surface area contributed by atoms with Gasteiger partial charge in [-0.05, 0) is 37.6 Å². The maximum absolute atomic E-state index is 12.9.